The van der Waals surface area contributed by atoms with Crippen molar-refractivity contribution in [2.75, 3.05) is 81.6 Å². The molecule has 1 aliphatic carbocycles. The quantitative estimate of drug-likeness (QED) is 0.251. The molecular weight excluding hydrogens is 653 g/mol. The fraction of sp³-hybridized carbons (Fsp3) is 0.611. The van der Waals surface area contributed by atoms with Crippen LogP contribution in [0.2, 0.25) is 0 Å². The van der Waals surface area contributed by atoms with Gasteiger partial charge in [-0.25, -0.2) is 4.98 Å². The summed E-state index contributed by atoms with van der Waals surface area (Å²) in [4.78, 5) is 37.7. The molecule has 3 saturated heterocycles. The highest BCUT2D eigenvalue weighted by atomic mass is 32.1. The summed E-state index contributed by atoms with van der Waals surface area (Å²) in [6.45, 7) is 15.8. The van der Waals surface area contributed by atoms with Crippen molar-refractivity contribution in [2.24, 2.45) is 5.41 Å². The monoisotopic (exact) mass is 700 g/mol. The molecular formula is C36H48N10O3S. The zero-order valence-corrected chi connectivity index (χ0v) is 30.3. The number of hydrogen-bond donors (Lipinski definition) is 1. The van der Waals surface area contributed by atoms with Gasteiger partial charge in [0.2, 0.25) is 23.6 Å². The summed E-state index contributed by atoms with van der Waals surface area (Å²) in [5, 5.41) is 15.0. The van der Waals surface area contributed by atoms with Gasteiger partial charge in [-0.05, 0) is 71.4 Å². The van der Waals surface area contributed by atoms with E-state index >= 15 is 0 Å². The molecule has 14 heteroatoms. The lowest BCUT2D eigenvalue weighted by Gasteiger charge is -2.54. The number of anilines is 3. The first-order valence-electron chi connectivity index (χ1n) is 17.9. The molecule has 13 nitrogen and oxygen atoms in total. The Morgan fingerprint density at radius 3 is 2.74 bits per heavy atom. The van der Waals surface area contributed by atoms with Crippen molar-refractivity contribution in [2.45, 2.75) is 70.3 Å². The van der Waals surface area contributed by atoms with Gasteiger partial charge in [-0.15, -0.1) is 11.3 Å². The van der Waals surface area contributed by atoms with Crippen molar-refractivity contribution in [3.8, 4) is 17.6 Å². The van der Waals surface area contributed by atoms with Crippen LogP contribution < -0.4 is 15.5 Å². The summed E-state index contributed by atoms with van der Waals surface area (Å²) in [5.41, 5.74) is 7.90. The molecule has 3 aliphatic heterocycles. The molecule has 1 amide bonds. The van der Waals surface area contributed by atoms with Crippen molar-refractivity contribution in [3.05, 3.63) is 40.6 Å². The molecule has 266 valence electrons. The van der Waals surface area contributed by atoms with Gasteiger partial charge in [-0.3, -0.25) is 4.79 Å². The lowest BCUT2D eigenvalue weighted by molar-refractivity contribution is -0.128. The molecule has 6 heterocycles. The molecule has 7 rings (SSSR count). The maximum Gasteiger partial charge on any atom is 0.245 e. The Morgan fingerprint density at radius 2 is 2.00 bits per heavy atom. The number of methoxy groups -OCH3 is 1. The number of nitrogens with zero attached hydrogens (tertiary/aromatic N) is 9. The highest BCUT2D eigenvalue weighted by Crippen LogP contribution is 2.49. The molecule has 1 spiro atoms. The first kappa shape index (κ1) is 34.4. The van der Waals surface area contributed by atoms with E-state index in [0.717, 1.165) is 120 Å². The van der Waals surface area contributed by atoms with E-state index in [1.165, 1.54) is 17.4 Å². The minimum absolute atomic E-state index is 0.00838. The zero-order chi connectivity index (χ0) is 35.0. The first-order chi connectivity index (χ1) is 24.2. The third kappa shape index (κ3) is 6.35. The van der Waals surface area contributed by atoms with Crippen molar-refractivity contribution < 1.29 is 14.1 Å². The van der Waals surface area contributed by atoms with Crippen molar-refractivity contribution in [1.29, 1.82) is 5.26 Å². The third-order valence-corrected chi connectivity index (χ3v) is 12.4. The number of rotatable bonds is 9. The highest BCUT2D eigenvalue weighted by Gasteiger charge is 2.47. The molecule has 0 radical (unpaired) electrons. The van der Waals surface area contributed by atoms with Gasteiger partial charge in [0.05, 0.1) is 11.0 Å². The zero-order valence-electron chi connectivity index (χ0n) is 29.5. The summed E-state index contributed by atoms with van der Waals surface area (Å²) in [5.74, 6) is 2.42. The SMILES string of the molecule is C=CC(=O)N1CCC2(CC1)CN(c1cc(-c3noc([C@@]4(C)CCCc5sc(N)c(C#N)c54)n3)nc(N3CCCN(CCCOC)C[C@@H]3C)n1)C2. The molecule has 3 fully saturated rings. The Hall–Kier alpha value is -4.06. The van der Waals surface area contributed by atoms with Crippen LogP contribution in [0.15, 0.2) is 23.2 Å². The Morgan fingerprint density at radius 1 is 1.20 bits per heavy atom. The van der Waals surface area contributed by atoms with Gasteiger partial charge in [-0.2, -0.15) is 15.2 Å². The van der Waals surface area contributed by atoms with E-state index < -0.39 is 5.41 Å². The van der Waals surface area contributed by atoms with E-state index in [1.807, 2.05) is 11.0 Å². The summed E-state index contributed by atoms with van der Waals surface area (Å²) in [6.07, 6.45) is 7.95. The van der Waals surface area contributed by atoms with Crippen LogP contribution in [0, 0.1) is 16.7 Å². The van der Waals surface area contributed by atoms with Gasteiger partial charge in [0.25, 0.3) is 0 Å². The Balaban J connectivity index is 1.19. The predicted molar refractivity (Wildman–Crippen MR) is 193 cm³/mol. The van der Waals surface area contributed by atoms with Crippen LogP contribution in [0.3, 0.4) is 0 Å². The number of carbonyl (C=O) groups excluding carboxylic acids is 1. The number of thiophene rings is 1. The van der Waals surface area contributed by atoms with Crippen molar-refractivity contribution in [1.82, 2.24) is 29.9 Å². The van der Waals surface area contributed by atoms with Crippen LogP contribution in [0.1, 0.15) is 74.3 Å². The average molecular weight is 701 g/mol. The lowest BCUT2D eigenvalue weighted by Crippen LogP contribution is -2.61. The maximum absolute atomic E-state index is 12.2. The number of likely N-dealkylation sites (tertiary alicyclic amines) is 1. The summed E-state index contributed by atoms with van der Waals surface area (Å²) < 4.78 is 11.3. The van der Waals surface area contributed by atoms with Crippen LogP contribution in [-0.4, -0.2) is 108 Å². The summed E-state index contributed by atoms with van der Waals surface area (Å²) in [7, 11) is 1.75. The number of nitrogens with two attached hydrogens (primary N) is 1. The average Bonchev–Trinajstić information content (AvgIpc) is 3.69. The van der Waals surface area contributed by atoms with Gasteiger partial charge < -0.3 is 34.6 Å². The first-order valence-corrected chi connectivity index (χ1v) is 18.7. The fourth-order valence-electron chi connectivity index (χ4n) is 8.44. The minimum atomic E-state index is -0.617. The minimum Gasteiger partial charge on any atom is -0.389 e. The summed E-state index contributed by atoms with van der Waals surface area (Å²) >= 11 is 1.49. The number of piperidine rings is 1. The normalized spacial score (nSPS) is 23.6. The van der Waals surface area contributed by atoms with Gasteiger partial charge in [0.15, 0.2) is 0 Å². The number of ether oxygens (including phenoxy) is 1. The molecule has 0 aromatic carbocycles. The molecule has 0 saturated carbocycles. The number of amides is 1. The maximum atomic E-state index is 12.2. The van der Waals surface area contributed by atoms with E-state index in [9.17, 15) is 10.1 Å². The molecule has 0 bridgehead atoms. The van der Waals surface area contributed by atoms with Crippen LogP contribution in [0.25, 0.3) is 11.5 Å². The second-order valence-corrected chi connectivity index (χ2v) is 15.8. The van der Waals surface area contributed by atoms with Gasteiger partial charge in [-0.1, -0.05) is 11.7 Å². The number of nitriles is 1. The molecule has 0 unspecified atom stereocenters. The molecule has 4 aliphatic rings. The second kappa shape index (κ2) is 13.9. The van der Waals surface area contributed by atoms with E-state index in [4.69, 9.17) is 29.9 Å². The van der Waals surface area contributed by atoms with E-state index in [-0.39, 0.29) is 17.4 Å². The number of nitrogen functional groups attached to an aromatic ring is 1. The number of fused-ring (bicyclic) bond motifs is 1. The lowest BCUT2D eigenvalue weighted by atomic mass is 9.72. The van der Waals surface area contributed by atoms with E-state index in [0.29, 0.717) is 33.9 Å². The topological polar surface area (TPSA) is 154 Å². The molecule has 3 aromatic rings. The number of hydrogen-bond acceptors (Lipinski definition) is 13. The van der Waals surface area contributed by atoms with Gasteiger partial charge in [0.1, 0.15) is 22.6 Å². The van der Waals surface area contributed by atoms with Crippen LogP contribution >= 0.6 is 11.3 Å². The number of aromatic nitrogens is 4. The fourth-order valence-corrected chi connectivity index (χ4v) is 9.63. The number of carbonyl (C=O) groups is 1. The van der Waals surface area contributed by atoms with Gasteiger partial charge in [0, 0.05) is 87.5 Å². The van der Waals surface area contributed by atoms with Gasteiger partial charge >= 0.3 is 0 Å². The molecule has 2 atom stereocenters. The highest BCUT2D eigenvalue weighted by molar-refractivity contribution is 7.16. The third-order valence-electron chi connectivity index (χ3n) is 11.3. The smallest absolute Gasteiger partial charge is 0.245 e. The van der Waals surface area contributed by atoms with E-state index in [2.05, 4.69) is 46.4 Å². The van der Waals surface area contributed by atoms with E-state index in [1.54, 1.807) is 7.11 Å². The summed E-state index contributed by atoms with van der Waals surface area (Å²) in [6, 6.07) is 4.52. The standard InChI is InChI=1S/C36H48N10O3S/c1-5-29(47)44-16-11-36(12-17-44)22-45(23-36)28-19-26(39-34(40-28)46-15-7-13-43(21-24(46)2)14-8-18-48-4)32-41-33(49-42-32)35(3)10-6-9-27-30(35)25(20-37)31(38)50-27/h5,19,24H,1,6-18,21-23,38H2,2-4H3/t24-,35-/m0/s1. The van der Waals surface area contributed by atoms with Crippen LogP contribution in [-0.2, 0) is 21.4 Å². The largest absolute Gasteiger partial charge is 0.389 e. The predicted octanol–water partition coefficient (Wildman–Crippen LogP) is 4.24. The van der Waals surface area contributed by atoms with Crippen molar-refractivity contribution in [3.63, 3.8) is 0 Å². The van der Waals surface area contributed by atoms with Crippen LogP contribution in [0.4, 0.5) is 16.8 Å². The molecule has 3 aromatic heterocycles. The Labute approximate surface area is 298 Å². The second-order valence-electron chi connectivity index (χ2n) is 14.7. The Kier molecular flexibility index (Phi) is 9.58. The van der Waals surface area contributed by atoms with Crippen molar-refractivity contribution >= 4 is 34.0 Å². The Bertz CT molecular complexity index is 1770. The number of aryl methyl sites for hydroxylation is 1. The molecule has 50 heavy (non-hydrogen) atoms. The molecule has 2 N–H and O–H groups in total. The van der Waals surface area contributed by atoms with Crippen LogP contribution in [0.5, 0.6) is 0 Å².